The molecule has 0 bridgehead atoms. The van der Waals surface area contributed by atoms with Crippen molar-refractivity contribution in [3.05, 3.63) is 36.5 Å². The first-order valence-electron chi connectivity index (χ1n) is 4.97. The lowest BCUT2D eigenvalue weighted by molar-refractivity contribution is 0.793. The summed E-state index contributed by atoms with van der Waals surface area (Å²) in [5.74, 6) is 0. The molecule has 13 heavy (non-hydrogen) atoms. The second-order valence-electron chi connectivity index (χ2n) is 3.02. The zero-order valence-electron chi connectivity index (χ0n) is 8.84. The highest BCUT2D eigenvalue weighted by atomic mass is 14.8. The van der Waals surface area contributed by atoms with Gasteiger partial charge in [-0.2, -0.15) is 0 Å². The lowest BCUT2D eigenvalue weighted by Gasteiger charge is -2.00. The fourth-order valence-corrected chi connectivity index (χ4v) is 1.04. The molecule has 0 spiro atoms. The van der Waals surface area contributed by atoms with E-state index in [-0.39, 0.29) is 0 Å². The Balaban J connectivity index is 3.94. The average molecular weight is 179 g/mol. The van der Waals surface area contributed by atoms with Crippen LogP contribution in [0.4, 0.5) is 0 Å². The van der Waals surface area contributed by atoms with Gasteiger partial charge in [-0.1, -0.05) is 44.2 Å². The van der Waals surface area contributed by atoms with Gasteiger partial charge in [0.2, 0.25) is 0 Å². The van der Waals surface area contributed by atoms with Crippen LogP contribution in [-0.4, -0.2) is 13.6 Å². The smallest absolute Gasteiger partial charge is 0.00114 e. The Morgan fingerprint density at radius 2 is 2.23 bits per heavy atom. The van der Waals surface area contributed by atoms with Crippen molar-refractivity contribution in [2.24, 2.45) is 0 Å². The third-order valence-electron chi connectivity index (χ3n) is 1.78. The van der Waals surface area contributed by atoms with E-state index in [1.54, 1.807) is 0 Å². The molecule has 0 aliphatic carbocycles. The fraction of sp³-hybridized carbons (Fsp3) is 0.500. The Bertz CT molecular complexity index is 178. The van der Waals surface area contributed by atoms with Gasteiger partial charge in [-0.15, -0.1) is 0 Å². The molecule has 0 fully saturated rings. The maximum Gasteiger partial charge on any atom is -0.00114 e. The van der Waals surface area contributed by atoms with Crippen LogP contribution in [0.3, 0.4) is 0 Å². The average Bonchev–Trinajstić information content (AvgIpc) is 2.14. The van der Waals surface area contributed by atoms with Gasteiger partial charge in [0.05, 0.1) is 0 Å². The first-order valence-corrected chi connectivity index (χ1v) is 4.97. The minimum atomic E-state index is 1.02. The molecule has 0 aromatic rings. The summed E-state index contributed by atoms with van der Waals surface area (Å²) in [6, 6.07) is 0. The predicted octanol–water partition coefficient (Wildman–Crippen LogP) is 3.06. The first kappa shape index (κ1) is 12.2. The lowest BCUT2D eigenvalue weighted by atomic mass is 10.1. The van der Waals surface area contributed by atoms with Crippen molar-refractivity contribution < 1.29 is 0 Å². The molecular formula is C12H21N. The Morgan fingerprint density at radius 3 is 2.77 bits per heavy atom. The van der Waals surface area contributed by atoms with Gasteiger partial charge in [0, 0.05) is 0 Å². The Morgan fingerprint density at radius 1 is 1.46 bits per heavy atom. The molecule has 74 valence electrons. The zero-order valence-corrected chi connectivity index (χ0v) is 8.84. The summed E-state index contributed by atoms with van der Waals surface area (Å²) in [5.41, 5.74) is 1.35. The van der Waals surface area contributed by atoms with Crippen molar-refractivity contribution in [2.45, 2.75) is 26.2 Å². The number of rotatable bonds is 7. The number of nitrogens with one attached hydrogen (secondary N) is 1. The van der Waals surface area contributed by atoms with Gasteiger partial charge in [0.15, 0.2) is 0 Å². The van der Waals surface area contributed by atoms with Crippen molar-refractivity contribution in [3.8, 4) is 0 Å². The molecule has 1 heteroatoms. The third kappa shape index (κ3) is 7.54. The van der Waals surface area contributed by atoms with E-state index < -0.39 is 0 Å². The van der Waals surface area contributed by atoms with E-state index in [1.165, 1.54) is 12.0 Å². The number of unbranched alkanes of at least 4 members (excludes halogenated alkanes) is 1. The van der Waals surface area contributed by atoms with Crippen molar-refractivity contribution >= 4 is 0 Å². The van der Waals surface area contributed by atoms with Crippen molar-refractivity contribution in [2.75, 3.05) is 13.6 Å². The normalized spacial score (nSPS) is 12.3. The van der Waals surface area contributed by atoms with Crippen LogP contribution in [0.2, 0.25) is 0 Å². The van der Waals surface area contributed by atoms with E-state index in [1.807, 2.05) is 13.1 Å². The van der Waals surface area contributed by atoms with Crippen LogP contribution in [-0.2, 0) is 0 Å². The van der Waals surface area contributed by atoms with Gasteiger partial charge in [-0.25, -0.2) is 0 Å². The summed E-state index contributed by atoms with van der Waals surface area (Å²) < 4.78 is 0. The van der Waals surface area contributed by atoms with Gasteiger partial charge >= 0.3 is 0 Å². The third-order valence-corrected chi connectivity index (χ3v) is 1.78. The molecule has 0 aliphatic heterocycles. The topological polar surface area (TPSA) is 12.0 Å². The molecule has 1 N–H and O–H groups in total. The SMILES string of the molecule is C=C/C=C(\C=C/CCC)CCNC. The first-order chi connectivity index (χ1) is 6.35. The molecule has 0 atom stereocenters. The van der Waals surface area contributed by atoms with Crippen molar-refractivity contribution in [1.29, 1.82) is 0 Å². The molecule has 0 amide bonds. The summed E-state index contributed by atoms with van der Waals surface area (Å²) in [6.45, 7) is 6.92. The van der Waals surface area contributed by atoms with Crippen LogP contribution < -0.4 is 5.32 Å². The zero-order chi connectivity index (χ0) is 9.94. The molecule has 0 aliphatic rings. The van der Waals surface area contributed by atoms with E-state index in [0.29, 0.717) is 0 Å². The summed E-state index contributed by atoms with van der Waals surface area (Å²) >= 11 is 0. The van der Waals surface area contributed by atoms with Crippen LogP contribution in [0.1, 0.15) is 26.2 Å². The van der Waals surface area contributed by atoms with E-state index in [4.69, 9.17) is 0 Å². The molecule has 0 heterocycles. The summed E-state index contributed by atoms with van der Waals surface area (Å²) in [5, 5.41) is 3.14. The number of hydrogen-bond acceptors (Lipinski definition) is 1. The molecular weight excluding hydrogens is 158 g/mol. The van der Waals surface area contributed by atoms with Gasteiger partial charge in [0.25, 0.3) is 0 Å². The minimum Gasteiger partial charge on any atom is -0.319 e. The van der Waals surface area contributed by atoms with Gasteiger partial charge in [0.1, 0.15) is 0 Å². The van der Waals surface area contributed by atoms with E-state index in [9.17, 15) is 0 Å². The van der Waals surface area contributed by atoms with E-state index in [0.717, 1.165) is 19.4 Å². The highest BCUT2D eigenvalue weighted by Crippen LogP contribution is 2.04. The predicted molar refractivity (Wildman–Crippen MR) is 60.9 cm³/mol. The summed E-state index contributed by atoms with van der Waals surface area (Å²) in [6.07, 6.45) is 11.8. The van der Waals surface area contributed by atoms with E-state index in [2.05, 4.69) is 37.0 Å². The Labute approximate surface area is 82.2 Å². The number of hydrogen-bond donors (Lipinski definition) is 1. The van der Waals surface area contributed by atoms with Crippen LogP contribution in [0, 0.1) is 0 Å². The number of allylic oxidation sites excluding steroid dienone is 4. The maximum atomic E-state index is 3.71. The van der Waals surface area contributed by atoms with Crippen LogP contribution >= 0.6 is 0 Å². The molecule has 0 saturated heterocycles. The van der Waals surface area contributed by atoms with Crippen molar-refractivity contribution in [3.63, 3.8) is 0 Å². The molecule has 0 rings (SSSR count). The summed E-state index contributed by atoms with van der Waals surface area (Å²) in [4.78, 5) is 0. The van der Waals surface area contributed by atoms with Gasteiger partial charge < -0.3 is 5.32 Å². The van der Waals surface area contributed by atoms with E-state index >= 15 is 0 Å². The molecule has 1 nitrogen and oxygen atoms in total. The van der Waals surface area contributed by atoms with Crippen LogP contribution in [0.15, 0.2) is 36.5 Å². The minimum absolute atomic E-state index is 1.02. The van der Waals surface area contributed by atoms with Crippen LogP contribution in [0.25, 0.3) is 0 Å². The fourth-order valence-electron chi connectivity index (χ4n) is 1.04. The largest absolute Gasteiger partial charge is 0.319 e. The van der Waals surface area contributed by atoms with Crippen molar-refractivity contribution in [1.82, 2.24) is 5.32 Å². The quantitative estimate of drug-likeness (QED) is 0.592. The monoisotopic (exact) mass is 179 g/mol. The lowest BCUT2D eigenvalue weighted by Crippen LogP contribution is -2.07. The highest BCUT2D eigenvalue weighted by molar-refractivity contribution is 5.23. The summed E-state index contributed by atoms with van der Waals surface area (Å²) in [7, 11) is 1.97. The molecule has 0 saturated carbocycles. The Kier molecular flexibility index (Phi) is 8.68. The van der Waals surface area contributed by atoms with Gasteiger partial charge in [-0.05, 0) is 32.0 Å². The Hall–Kier alpha value is -0.820. The molecule has 0 aromatic heterocycles. The second-order valence-corrected chi connectivity index (χ2v) is 3.02. The standard InChI is InChI=1S/C12H21N/c1-4-6-7-9-12(8-5-2)10-11-13-3/h5,7-9,13H,2,4,6,10-11H2,1,3H3/b9-7-,12-8+. The molecule has 0 radical (unpaired) electrons. The van der Waals surface area contributed by atoms with Gasteiger partial charge in [-0.3, -0.25) is 0 Å². The molecule has 0 unspecified atom stereocenters. The highest BCUT2D eigenvalue weighted by Gasteiger charge is 1.89. The molecule has 0 aromatic carbocycles. The van der Waals surface area contributed by atoms with Crippen LogP contribution in [0.5, 0.6) is 0 Å². The maximum absolute atomic E-state index is 3.71. The second kappa shape index (κ2) is 9.27.